The first-order chi connectivity index (χ1) is 21.9. The van der Waals surface area contributed by atoms with Crippen molar-refractivity contribution in [3.8, 4) is 0 Å². The number of nitrogens with zero attached hydrogens (tertiary/aromatic N) is 3. The van der Waals surface area contributed by atoms with E-state index in [0.717, 1.165) is 95.0 Å². The first-order valence-electron chi connectivity index (χ1n) is 17.8. The van der Waals surface area contributed by atoms with Crippen molar-refractivity contribution in [2.24, 2.45) is 11.8 Å². The molecule has 0 aromatic carbocycles. The summed E-state index contributed by atoms with van der Waals surface area (Å²) in [6.45, 7) is 3.09. The van der Waals surface area contributed by atoms with Crippen LogP contribution in [-0.2, 0) is 28.6 Å². The van der Waals surface area contributed by atoms with Crippen LogP contribution in [0.3, 0.4) is 0 Å². The lowest BCUT2D eigenvalue weighted by molar-refractivity contribution is -0.150. The van der Waals surface area contributed by atoms with E-state index in [2.05, 4.69) is 20.8 Å². The van der Waals surface area contributed by atoms with E-state index in [1.54, 1.807) is 12.2 Å². The van der Waals surface area contributed by atoms with Crippen molar-refractivity contribution in [3.05, 3.63) is 46.1 Å². The molecule has 6 bridgehead atoms. The van der Waals surface area contributed by atoms with Crippen LogP contribution in [0.25, 0.3) is 0 Å². The number of esters is 3. The molecule has 9 heteroatoms. The van der Waals surface area contributed by atoms with Gasteiger partial charge >= 0.3 is 17.9 Å². The van der Waals surface area contributed by atoms with Gasteiger partial charge in [0.25, 0.3) is 0 Å². The third-order valence-electron chi connectivity index (χ3n) is 15.0. The molecule has 3 aliphatic carbocycles. The number of hydrogen-bond donors (Lipinski definition) is 0. The van der Waals surface area contributed by atoms with Crippen LogP contribution in [0.2, 0.25) is 0 Å². The van der Waals surface area contributed by atoms with Crippen LogP contribution >= 0.6 is 0 Å². The third kappa shape index (κ3) is 2.71. The predicted molar refractivity (Wildman–Crippen MR) is 158 cm³/mol. The molecule has 9 aliphatic heterocycles. The first kappa shape index (κ1) is 25.4. The zero-order valence-corrected chi connectivity index (χ0v) is 25.5. The fourth-order valence-electron chi connectivity index (χ4n) is 13.8. The molecular formula is C36H39N3O6. The Morgan fingerprint density at radius 1 is 0.644 bits per heavy atom. The summed E-state index contributed by atoms with van der Waals surface area (Å²) >= 11 is 0. The normalized spacial score (nSPS) is 51.7. The molecule has 234 valence electrons. The lowest BCUT2D eigenvalue weighted by Gasteiger charge is -2.42. The second kappa shape index (κ2) is 7.85. The van der Waals surface area contributed by atoms with E-state index >= 15 is 0 Å². The molecule has 9 heterocycles. The van der Waals surface area contributed by atoms with Crippen molar-refractivity contribution in [3.63, 3.8) is 0 Å². The van der Waals surface area contributed by atoms with E-state index < -0.39 is 16.8 Å². The number of carbonyl (C=O) groups is 3. The maximum atomic E-state index is 14.6. The maximum absolute atomic E-state index is 14.6. The van der Waals surface area contributed by atoms with Gasteiger partial charge in [-0.3, -0.25) is 14.7 Å². The zero-order valence-electron chi connectivity index (χ0n) is 25.5. The second-order valence-electron chi connectivity index (χ2n) is 16.3. The molecule has 0 amide bonds. The molecule has 12 aliphatic rings. The molecule has 0 aromatic heterocycles. The van der Waals surface area contributed by atoms with Gasteiger partial charge in [0.1, 0.15) is 0 Å². The standard InChI is InChI=1S/C36H39N3O6/c40-29-12-18-10-21(24-16-34(18,43-29)26-4-2-8-38(24)26)22-14-20-15-36(28-6-1-7-37(20)28)32(22)31(33(42)45-36)23-11-19-13-30(41)44-35(19)17-25(23)39-9-3-5-27(35)39/h12-14,20-21,23-28H,1-11,15-17H2/t20-,21-,23+,24+,25+,26-,27-,28-,34+,35+,36-/m1/s1. The van der Waals surface area contributed by atoms with Crippen molar-refractivity contribution < 1.29 is 28.6 Å². The summed E-state index contributed by atoms with van der Waals surface area (Å²) in [6, 6.07) is 1.44. The van der Waals surface area contributed by atoms with E-state index in [-0.39, 0.29) is 66.0 Å². The van der Waals surface area contributed by atoms with E-state index in [4.69, 9.17) is 14.2 Å². The fraction of sp³-hybridized carbons (Fsp3) is 0.694. The van der Waals surface area contributed by atoms with E-state index in [0.29, 0.717) is 6.42 Å². The molecule has 11 atom stereocenters. The Morgan fingerprint density at radius 2 is 1.20 bits per heavy atom. The molecule has 0 aromatic rings. The Labute approximate surface area is 262 Å². The maximum Gasteiger partial charge on any atom is 0.335 e. The summed E-state index contributed by atoms with van der Waals surface area (Å²) in [5, 5.41) is 0. The van der Waals surface area contributed by atoms with Gasteiger partial charge in [-0.1, -0.05) is 6.08 Å². The largest absolute Gasteiger partial charge is 0.450 e. The summed E-state index contributed by atoms with van der Waals surface area (Å²) < 4.78 is 19.2. The Morgan fingerprint density at radius 3 is 1.84 bits per heavy atom. The molecule has 6 saturated heterocycles. The average Bonchev–Trinajstić information content (AvgIpc) is 3.85. The number of fused-ring (bicyclic) bond motifs is 9. The van der Waals surface area contributed by atoms with Crippen LogP contribution in [0.4, 0.5) is 0 Å². The van der Waals surface area contributed by atoms with Gasteiger partial charge in [-0.15, -0.1) is 0 Å². The van der Waals surface area contributed by atoms with Gasteiger partial charge in [-0.25, -0.2) is 14.4 Å². The molecule has 0 N–H and O–H groups in total. The quantitative estimate of drug-likeness (QED) is 0.347. The summed E-state index contributed by atoms with van der Waals surface area (Å²) in [5.41, 5.74) is 4.15. The van der Waals surface area contributed by atoms with E-state index in [9.17, 15) is 14.4 Å². The third-order valence-corrected chi connectivity index (χ3v) is 15.0. The molecule has 8 fully saturated rings. The second-order valence-corrected chi connectivity index (χ2v) is 16.3. The Balaban J connectivity index is 1.05. The van der Waals surface area contributed by atoms with Gasteiger partial charge in [0.15, 0.2) is 16.8 Å². The molecule has 2 saturated carbocycles. The molecular weight excluding hydrogens is 570 g/mol. The van der Waals surface area contributed by atoms with Gasteiger partial charge < -0.3 is 14.2 Å². The Hall–Kier alpha value is -2.75. The molecule has 0 radical (unpaired) electrons. The molecule has 45 heavy (non-hydrogen) atoms. The molecule has 3 spiro atoms. The number of ether oxygens (including phenoxy) is 3. The smallest absolute Gasteiger partial charge is 0.335 e. The van der Waals surface area contributed by atoms with Crippen molar-refractivity contribution in [2.45, 2.75) is 124 Å². The highest BCUT2D eigenvalue weighted by molar-refractivity contribution is 5.97. The van der Waals surface area contributed by atoms with Crippen LogP contribution in [0, 0.1) is 11.8 Å². The van der Waals surface area contributed by atoms with Gasteiger partial charge in [0, 0.05) is 72.5 Å². The summed E-state index contributed by atoms with van der Waals surface area (Å²) in [4.78, 5) is 48.1. The lowest BCUT2D eigenvalue weighted by atomic mass is 9.63. The number of carbonyl (C=O) groups excluding carboxylic acids is 3. The van der Waals surface area contributed by atoms with E-state index in [1.807, 2.05) is 0 Å². The van der Waals surface area contributed by atoms with Crippen molar-refractivity contribution >= 4 is 17.9 Å². The zero-order chi connectivity index (χ0) is 29.6. The van der Waals surface area contributed by atoms with Gasteiger partial charge in [0.2, 0.25) is 0 Å². The molecule has 9 nitrogen and oxygen atoms in total. The number of hydrogen-bond acceptors (Lipinski definition) is 9. The van der Waals surface area contributed by atoms with Crippen LogP contribution in [0.15, 0.2) is 46.1 Å². The minimum atomic E-state index is -0.598. The van der Waals surface area contributed by atoms with Crippen molar-refractivity contribution in [1.82, 2.24) is 14.7 Å². The SMILES string of the molecule is O=C1C=C2C[C@H](C3=C[C@@H]4C[C@@]5(OC(=O)C([C@H]6CC7=CC(=O)O[C@@]78C[C@@H]6N6CCC[C@@H]68)=C35)[C@H]3CCCN43)[C@@H]3C[C@@]2(O1)[C@H]1CCCN31. The first-order valence-corrected chi connectivity index (χ1v) is 17.8. The van der Waals surface area contributed by atoms with Crippen LogP contribution < -0.4 is 0 Å². The Kier molecular flexibility index (Phi) is 4.42. The fourth-order valence-corrected chi connectivity index (χ4v) is 13.8. The van der Waals surface area contributed by atoms with Gasteiger partial charge in [-0.05, 0) is 87.7 Å². The summed E-state index contributed by atoms with van der Waals surface area (Å²) in [5.74, 6) is -0.328. The van der Waals surface area contributed by atoms with Crippen LogP contribution in [-0.4, -0.2) is 105 Å². The minimum Gasteiger partial charge on any atom is -0.450 e. The Bertz CT molecular complexity index is 1680. The number of rotatable bonds is 2. The summed E-state index contributed by atoms with van der Waals surface area (Å²) in [6.07, 6.45) is 16.6. The molecule has 12 rings (SSSR count). The highest BCUT2D eigenvalue weighted by Crippen LogP contribution is 2.65. The van der Waals surface area contributed by atoms with Crippen LogP contribution in [0.5, 0.6) is 0 Å². The topological polar surface area (TPSA) is 88.6 Å². The predicted octanol–water partition coefficient (Wildman–Crippen LogP) is 2.71. The van der Waals surface area contributed by atoms with Gasteiger partial charge in [-0.2, -0.15) is 0 Å². The highest BCUT2D eigenvalue weighted by Gasteiger charge is 2.71. The lowest BCUT2D eigenvalue weighted by Crippen LogP contribution is -2.46. The van der Waals surface area contributed by atoms with Crippen molar-refractivity contribution in [2.75, 3.05) is 19.6 Å². The molecule has 0 unspecified atom stereocenters. The van der Waals surface area contributed by atoms with Crippen LogP contribution in [0.1, 0.15) is 70.6 Å². The minimum absolute atomic E-state index is 0.0133. The average molecular weight is 610 g/mol. The highest BCUT2D eigenvalue weighted by atomic mass is 16.6. The van der Waals surface area contributed by atoms with Gasteiger partial charge in [0.05, 0.1) is 18.1 Å². The van der Waals surface area contributed by atoms with Crippen molar-refractivity contribution in [1.29, 1.82) is 0 Å². The monoisotopic (exact) mass is 609 g/mol. The summed E-state index contributed by atoms with van der Waals surface area (Å²) in [7, 11) is 0. The van der Waals surface area contributed by atoms with E-state index in [1.165, 1.54) is 16.7 Å².